The summed E-state index contributed by atoms with van der Waals surface area (Å²) in [6.45, 7) is 2.79. The quantitative estimate of drug-likeness (QED) is 0.362. The van der Waals surface area contributed by atoms with Crippen LogP contribution < -0.4 is 4.74 Å². The highest BCUT2D eigenvalue weighted by atomic mass is 19.1. The van der Waals surface area contributed by atoms with Crippen molar-refractivity contribution in [2.45, 2.75) is 84.0 Å². The molecule has 1 rings (SSSR count). The van der Waals surface area contributed by atoms with Gasteiger partial charge in [-0.3, -0.25) is 0 Å². The van der Waals surface area contributed by atoms with Gasteiger partial charge in [-0.1, -0.05) is 77.6 Å². The highest BCUT2D eigenvalue weighted by Crippen LogP contribution is 2.17. The Morgan fingerprint density at radius 3 is 1.92 bits per heavy atom. The van der Waals surface area contributed by atoms with Crippen molar-refractivity contribution in [2.75, 3.05) is 6.61 Å². The molecule has 0 saturated carbocycles. The van der Waals surface area contributed by atoms with Gasteiger partial charge in [0.05, 0.1) is 12.2 Å². The molecule has 0 aliphatic carbocycles. The van der Waals surface area contributed by atoms with E-state index < -0.39 is 11.8 Å². The Hall–Kier alpha value is -1.58. The van der Waals surface area contributed by atoms with Gasteiger partial charge >= 0.3 is 5.97 Å². The van der Waals surface area contributed by atoms with Crippen LogP contribution in [0.15, 0.2) is 18.2 Å². The summed E-state index contributed by atoms with van der Waals surface area (Å²) in [5.74, 6) is -1.62. The molecule has 4 heteroatoms. The van der Waals surface area contributed by atoms with E-state index in [4.69, 9.17) is 9.84 Å². The summed E-state index contributed by atoms with van der Waals surface area (Å²) in [5, 5.41) is 8.77. The summed E-state index contributed by atoms with van der Waals surface area (Å²) in [7, 11) is 0. The minimum Gasteiger partial charge on any atom is -0.493 e. The lowest BCUT2D eigenvalue weighted by molar-refractivity contribution is 0.0692. The Bertz CT molecular complexity index is 488. The topological polar surface area (TPSA) is 46.5 Å². The van der Waals surface area contributed by atoms with Crippen LogP contribution in [0.2, 0.25) is 0 Å². The Morgan fingerprint density at radius 1 is 0.920 bits per heavy atom. The molecular formula is C21H33FO3. The van der Waals surface area contributed by atoms with E-state index in [1.54, 1.807) is 0 Å². The summed E-state index contributed by atoms with van der Waals surface area (Å²) in [6, 6.07) is 3.90. The molecule has 0 fully saturated rings. The Balaban J connectivity index is 1.95. The molecule has 1 aromatic carbocycles. The van der Waals surface area contributed by atoms with Crippen molar-refractivity contribution < 1.29 is 19.0 Å². The normalized spacial score (nSPS) is 10.8. The zero-order chi connectivity index (χ0) is 18.3. The van der Waals surface area contributed by atoms with Crippen LogP contribution in [0.25, 0.3) is 0 Å². The van der Waals surface area contributed by atoms with Crippen molar-refractivity contribution in [1.82, 2.24) is 0 Å². The van der Waals surface area contributed by atoms with Crippen molar-refractivity contribution >= 4 is 5.97 Å². The third-order valence-electron chi connectivity index (χ3n) is 4.44. The Morgan fingerprint density at radius 2 is 1.44 bits per heavy atom. The van der Waals surface area contributed by atoms with Gasteiger partial charge in [-0.05, 0) is 18.6 Å². The van der Waals surface area contributed by atoms with Crippen LogP contribution in [0, 0.1) is 5.82 Å². The smallest absolute Gasteiger partial charge is 0.338 e. The summed E-state index contributed by atoms with van der Waals surface area (Å²) in [6.07, 6.45) is 15.4. The molecule has 0 aliphatic rings. The van der Waals surface area contributed by atoms with E-state index in [1.807, 2.05) is 0 Å². The van der Waals surface area contributed by atoms with Crippen LogP contribution >= 0.6 is 0 Å². The Kier molecular flexibility index (Phi) is 11.7. The number of benzene rings is 1. The third-order valence-corrected chi connectivity index (χ3v) is 4.44. The largest absolute Gasteiger partial charge is 0.493 e. The molecule has 0 atom stereocenters. The fourth-order valence-corrected chi connectivity index (χ4v) is 2.89. The molecule has 1 N–H and O–H groups in total. The number of rotatable bonds is 15. The number of carboxylic acids is 1. The highest BCUT2D eigenvalue weighted by Gasteiger charge is 2.10. The fraction of sp³-hybridized carbons (Fsp3) is 0.667. The second-order valence-corrected chi connectivity index (χ2v) is 6.68. The van der Waals surface area contributed by atoms with Gasteiger partial charge in [0.25, 0.3) is 0 Å². The number of halogens is 1. The van der Waals surface area contributed by atoms with Crippen LogP contribution in [0.1, 0.15) is 94.3 Å². The molecule has 0 bridgehead atoms. The zero-order valence-electron chi connectivity index (χ0n) is 15.6. The maximum Gasteiger partial charge on any atom is 0.338 e. The summed E-state index contributed by atoms with van der Waals surface area (Å²) in [5.41, 5.74) is -0.322. The van der Waals surface area contributed by atoms with Gasteiger partial charge in [-0.25, -0.2) is 9.18 Å². The van der Waals surface area contributed by atoms with Gasteiger partial charge in [-0.15, -0.1) is 0 Å². The molecule has 25 heavy (non-hydrogen) atoms. The highest BCUT2D eigenvalue weighted by molar-refractivity contribution is 5.88. The number of unbranched alkanes of at least 4 members (excludes halogenated alkanes) is 11. The second-order valence-electron chi connectivity index (χ2n) is 6.68. The van der Waals surface area contributed by atoms with E-state index in [1.165, 1.54) is 76.3 Å². The second kappa shape index (κ2) is 13.7. The average Bonchev–Trinajstić information content (AvgIpc) is 2.58. The lowest BCUT2D eigenvalue weighted by Crippen LogP contribution is -2.02. The SMILES string of the molecule is CCCCCCCCCCCCCCOc1ccc(C(=O)O)c(F)c1. The summed E-state index contributed by atoms with van der Waals surface area (Å²) >= 11 is 0. The lowest BCUT2D eigenvalue weighted by atomic mass is 10.1. The minimum atomic E-state index is -1.26. The van der Waals surface area contributed by atoms with Crippen molar-refractivity contribution in [3.8, 4) is 5.75 Å². The number of hydrogen-bond donors (Lipinski definition) is 1. The minimum absolute atomic E-state index is 0.322. The molecule has 0 radical (unpaired) electrons. The summed E-state index contributed by atoms with van der Waals surface area (Å²) in [4.78, 5) is 10.7. The standard InChI is InChI=1S/C21H33FO3/c1-2-3-4-5-6-7-8-9-10-11-12-13-16-25-18-14-15-19(21(23)24)20(22)17-18/h14-15,17H,2-13,16H2,1H3,(H,23,24). The van der Waals surface area contributed by atoms with Crippen LogP contribution in [-0.2, 0) is 0 Å². The van der Waals surface area contributed by atoms with Gasteiger partial charge in [0, 0.05) is 6.07 Å². The van der Waals surface area contributed by atoms with E-state index in [-0.39, 0.29) is 5.56 Å². The van der Waals surface area contributed by atoms with E-state index in [0.717, 1.165) is 18.9 Å². The number of ether oxygens (including phenoxy) is 1. The average molecular weight is 352 g/mol. The predicted molar refractivity (Wildman–Crippen MR) is 99.9 cm³/mol. The van der Waals surface area contributed by atoms with Crippen LogP contribution in [0.3, 0.4) is 0 Å². The number of carbonyl (C=O) groups is 1. The third kappa shape index (κ3) is 10.1. The van der Waals surface area contributed by atoms with Crippen molar-refractivity contribution in [2.24, 2.45) is 0 Å². The maximum absolute atomic E-state index is 13.5. The van der Waals surface area contributed by atoms with Crippen molar-refractivity contribution in [3.63, 3.8) is 0 Å². The van der Waals surface area contributed by atoms with Gasteiger partial charge < -0.3 is 9.84 Å². The number of aromatic carboxylic acids is 1. The number of carboxylic acid groups (broad SMARTS) is 1. The van der Waals surface area contributed by atoms with Crippen molar-refractivity contribution in [1.29, 1.82) is 0 Å². The van der Waals surface area contributed by atoms with Gasteiger partial charge in [-0.2, -0.15) is 0 Å². The van der Waals surface area contributed by atoms with Crippen LogP contribution in [0.5, 0.6) is 5.75 Å². The molecule has 0 aromatic heterocycles. The molecule has 0 saturated heterocycles. The Labute approximate surface area is 151 Å². The first-order valence-electron chi connectivity index (χ1n) is 9.80. The first kappa shape index (κ1) is 21.5. The maximum atomic E-state index is 13.5. The van der Waals surface area contributed by atoms with E-state index in [2.05, 4.69) is 6.92 Å². The molecule has 0 spiro atoms. The van der Waals surface area contributed by atoms with Gasteiger partial charge in [0.15, 0.2) is 0 Å². The molecule has 0 aliphatic heterocycles. The van der Waals surface area contributed by atoms with Crippen LogP contribution in [-0.4, -0.2) is 17.7 Å². The first-order chi connectivity index (χ1) is 12.1. The molecule has 0 unspecified atom stereocenters. The lowest BCUT2D eigenvalue weighted by Gasteiger charge is -2.07. The molecule has 1 aromatic rings. The van der Waals surface area contributed by atoms with Gasteiger partial charge in [0.2, 0.25) is 0 Å². The van der Waals surface area contributed by atoms with Gasteiger partial charge in [0.1, 0.15) is 11.6 Å². The predicted octanol–water partition coefficient (Wildman–Crippen LogP) is 6.60. The summed E-state index contributed by atoms with van der Waals surface area (Å²) < 4.78 is 19.0. The fourth-order valence-electron chi connectivity index (χ4n) is 2.89. The molecule has 0 amide bonds. The molecule has 0 heterocycles. The van der Waals surface area contributed by atoms with Crippen molar-refractivity contribution in [3.05, 3.63) is 29.6 Å². The number of hydrogen-bond acceptors (Lipinski definition) is 2. The van der Waals surface area contributed by atoms with E-state index in [0.29, 0.717) is 12.4 Å². The molecule has 3 nitrogen and oxygen atoms in total. The monoisotopic (exact) mass is 352 g/mol. The van der Waals surface area contributed by atoms with E-state index in [9.17, 15) is 9.18 Å². The zero-order valence-corrected chi connectivity index (χ0v) is 15.6. The first-order valence-corrected chi connectivity index (χ1v) is 9.80. The molecular weight excluding hydrogens is 319 g/mol. The van der Waals surface area contributed by atoms with Crippen LogP contribution in [0.4, 0.5) is 4.39 Å². The molecule has 142 valence electrons. The van der Waals surface area contributed by atoms with E-state index >= 15 is 0 Å².